The molecule has 11 heteroatoms. The van der Waals surface area contributed by atoms with Gasteiger partial charge in [0.25, 0.3) is 0 Å². The summed E-state index contributed by atoms with van der Waals surface area (Å²) in [7, 11) is 0. The van der Waals surface area contributed by atoms with Crippen LogP contribution in [0.15, 0.2) is 30.7 Å². The Hall–Kier alpha value is -3.34. The lowest BCUT2D eigenvalue weighted by Crippen LogP contribution is -2.34. The van der Waals surface area contributed by atoms with Crippen molar-refractivity contribution in [3.63, 3.8) is 0 Å². The number of fused-ring (bicyclic) bond motifs is 1. The van der Waals surface area contributed by atoms with Crippen molar-refractivity contribution in [1.82, 2.24) is 35.4 Å². The van der Waals surface area contributed by atoms with Crippen LogP contribution in [0.1, 0.15) is 33.6 Å². The van der Waals surface area contributed by atoms with Gasteiger partial charge in [-0.25, -0.2) is 14.8 Å². The van der Waals surface area contributed by atoms with Crippen molar-refractivity contribution < 1.29 is 9.53 Å². The number of thiocarbonyl (C=S) groups is 1. The van der Waals surface area contributed by atoms with Crippen LogP contribution in [0.3, 0.4) is 0 Å². The predicted octanol–water partition coefficient (Wildman–Crippen LogP) is 3.11. The summed E-state index contributed by atoms with van der Waals surface area (Å²) in [5.41, 5.74) is 2.15. The number of hydrogen-bond donors (Lipinski definition) is 3. The molecule has 1 fully saturated rings. The summed E-state index contributed by atoms with van der Waals surface area (Å²) in [5, 5.41) is 13.9. The van der Waals surface area contributed by atoms with Gasteiger partial charge in [0.15, 0.2) is 10.8 Å². The predicted molar refractivity (Wildman–Crippen MR) is 130 cm³/mol. The van der Waals surface area contributed by atoms with Gasteiger partial charge >= 0.3 is 6.09 Å². The Kier molecular flexibility index (Phi) is 6.68. The maximum atomic E-state index is 11.8. The van der Waals surface area contributed by atoms with Gasteiger partial charge < -0.3 is 20.7 Å². The van der Waals surface area contributed by atoms with Gasteiger partial charge in [0.2, 0.25) is 0 Å². The third-order valence-electron chi connectivity index (χ3n) is 4.83. The number of anilines is 1. The van der Waals surface area contributed by atoms with Crippen LogP contribution in [0.25, 0.3) is 22.4 Å². The molecule has 0 aromatic carbocycles. The lowest BCUT2D eigenvalue weighted by molar-refractivity contribution is 0.0525. The number of carbonyl (C=O) groups is 1. The Morgan fingerprint density at radius 3 is 2.79 bits per heavy atom. The van der Waals surface area contributed by atoms with E-state index >= 15 is 0 Å². The fourth-order valence-electron chi connectivity index (χ4n) is 3.03. The number of pyridine rings is 1. The van der Waals surface area contributed by atoms with E-state index in [1.54, 1.807) is 17.1 Å². The molecule has 1 aliphatic carbocycles. The quantitative estimate of drug-likeness (QED) is 0.449. The molecule has 1 saturated carbocycles. The number of ether oxygens (including phenoxy) is 1. The zero-order valence-corrected chi connectivity index (χ0v) is 19.8. The van der Waals surface area contributed by atoms with Gasteiger partial charge in [-0.05, 0) is 63.9 Å². The first-order chi connectivity index (χ1) is 15.7. The molecule has 0 saturated heterocycles. The van der Waals surface area contributed by atoms with Crippen LogP contribution in [0.5, 0.6) is 0 Å². The van der Waals surface area contributed by atoms with E-state index in [2.05, 4.69) is 36.0 Å². The van der Waals surface area contributed by atoms with E-state index in [9.17, 15) is 4.79 Å². The molecule has 10 nitrogen and oxygen atoms in total. The largest absolute Gasteiger partial charge is 0.444 e. The first-order valence-corrected chi connectivity index (χ1v) is 11.3. The van der Waals surface area contributed by atoms with Crippen LogP contribution in [-0.2, 0) is 11.3 Å². The number of aromatic nitrogens is 5. The minimum absolute atomic E-state index is 0.394. The first kappa shape index (κ1) is 22.8. The highest BCUT2D eigenvalue weighted by Gasteiger charge is 2.21. The minimum Gasteiger partial charge on any atom is -0.444 e. The van der Waals surface area contributed by atoms with Crippen molar-refractivity contribution in [3.8, 4) is 11.3 Å². The highest BCUT2D eigenvalue weighted by Crippen LogP contribution is 2.27. The zero-order chi connectivity index (χ0) is 23.4. The Bertz CT molecular complexity index is 1150. The number of alkyl carbamates (subject to hydrolysis) is 1. The highest BCUT2D eigenvalue weighted by molar-refractivity contribution is 7.80. The second-order valence-electron chi connectivity index (χ2n) is 8.99. The van der Waals surface area contributed by atoms with Crippen LogP contribution in [-0.4, -0.2) is 54.6 Å². The van der Waals surface area contributed by atoms with E-state index in [1.807, 2.05) is 39.1 Å². The van der Waals surface area contributed by atoms with Crippen LogP contribution in [0, 0.1) is 5.92 Å². The molecule has 0 unspecified atom stereocenters. The second-order valence-corrected chi connectivity index (χ2v) is 9.40. The molecule has 3 aromatic rings. The van der Waals surface area contributed by atoms with E-state index in [1.165, 1.54) is 12.8 Å². The summed E-state index contributed by atoms with van der Waals surface area (Å²) < 4.78 is 6.96. The Morgan fingerprint density at radius 2 is 2.03 bits per heavy atom. The van der Waals surface area contributed by atoms with Gasteiger partial charge in [-0.1, -0.05) is 0 Å². The van der Waals surface area contributed by atoms with Gasteiger partial charge in [0, 0.05) is 24.8 Å². The Balaban J connectivity index is 1.37. The molecule has 1 aliphatic rings. The molecule has 0 aliphatic heterocycles. The summed E-state index contributed by atoms with van der Waals surface area (Å²) in [6.07, 6.45) is 7.33. The number of hydrogen-bond acceptors (Lipinski definition) is 7. The summed E-state index contributed by atoms with van der Waals surface area (Å²) in [6, 6.07) is 3.69. The average molecular weight is 469 g/mol. The van der Waals surface area contributed by atoms with E-state index < -0.39 is 11.7 Å². The van der Waals surface area contributed by atoms with E-state index in [-0.39, 0.29) is 0 Å². The van der Waals surface area contributed by atoms with Gasteiger partial charge in [-0.2, -0.15) is 5.10 Å². The van der Waals surface area contributed by atoms with E-state index in [0.29, 0.717) is 40.9 Å². The molecule has 3 heterocycles. The van der Waals surface area contributed by atoms with Crippen LogP contribution < -0.4 is 16.0 Å². The van der Waals surface area contributed by atoms with Gasteiger partial charge in [0.05, 0.1) is 24.6 Å². The number of nitrogens with one attached hydrogen (secondary N) is 3. The molecule has 1 amide bonds. The molecule has 3 N–H and O–H groups in total. The number of rotatable bonds is 7. The van der Waals surface area contributed by atoms with Crippen molar-refractivity contribution >= 4 is 40.4 Å². The van der Waals surface area contributed by atoms with Crippen molar-refractivity contribution in [1.29, 1.82) is 0 Å². The zero-order valence-electron chi connectivity index (χ0n) is 19.0. The van der Waals surface area contributed by atoms with Crippen LogP contribution >= 0.6 is 12.2 Å². The smallest absolute Gasteiger partial charge is 0.407 e. The molecule has 0 spiro atoms. The van der Waals surface area contributed by atoms with Gasteiger partial charge in [0.1, 0.15) is 16.9 Å². The number of amides is 1. The van der Waals surface area contributed by atoms with Gasteiger partial charge in [-0.3, -0.25) is 9.67 Å². The standard InChI is InChI=1S/C22H28N8O2S/c1-22(2,3)32-21(31)23-8-9-30-13-15(11-26-30)17-12-24-16-6-7-18(28-19(16)27-17)29-20(33)25-10-14-4-5-14/h6-7,11-14H,4-5,8-10H2,1-3H3,(H,23,31)(H2,25,27,28,29,33). The number of carbonyl (C=O) groups excluding carboxylic acids is 1. The first-order valence-electron chi connectivity index (χ1n) is 10.9. The molecular formula is C22H28N8O2S. The molecule has 174 valence electrons. The van der Waals surface area contributed by atoms with Gasteiger partial charge in [-0.15, -0.1) is 0 Å². The fourth-order valence-corrected chi connectivity index (χ4v) is 3.22. The second kappa shape index (κ2) is 9.65. The summed E-state index contributed by atoms with van der Waals surface area (Å²) >= 11 is 5.34. The lowest BCUT2D eigenvalue weighted by atomic mass is 10.2. The highest BCUT2D eigenvalue weighted by atomic mass is 32.1. The average Bonchev–Trinajstić information content (AvgIpc) is 3.46. The molecule has 0 atom stereocenters. The molecule has 33 heavy (non-hydrogen) atoms. The van der Waals surface area contributed by atoms with E-state index in [4.69, 9.17) is 17.0 Å². The molecule has 0 radical (unpaired) electrons. The lowest BCUT2D eigenvalue weighted by Gasteiger charge is -2.19. The van der Waals surface area contributed by atoms with Crippen molar-refractivity contribution in [2.75, 3.05) is 18.4 Å². The van der Waals surface area contributed by atoms with E-state index in [0.717, 1.165) is 18.0 Å². The third-order valence-corrected chi connectivity index (χ3v) is 5.08. The monoisotopic (exact) mass is 468 g/mol. The maximum Gasteiger partial charge on any atom is 0.407 e. The third kappa shape index (κ3) is 6.82. The molecule has 4 rings (SSSR count). The Morgan fingerprint density at radius 1 is 1.21 bits per heavy atom. The molecular weight excluding hydrogens is 440 g/mol. The number of nitrogens with zero attached hydrogens (tertiary/aromatic N) is 5. The van der Waals surface area contributed by atoms with Crippen LogP contribution in [0.4, 0.5) is 10.6 Å². The Labute approximate surface area is 197 Å². The van der Waals surface area contributed by atoms with Crippen molar-refractivity contribution in [2.45, 2.75) is 45.8 Å². The SMILES string of the molecule is CC(C)(C)OC(=O)NCCn1cc(-c2cnc3ccc(NC(=S)NCC4CC4)nc3n2)cn1. The topological polar surface area (TPSA) is 119 Å². The normalized spacial score (nSPS) is 13.5. The fraction of sp³-hybridized carbons (Fsp3) is 0.455. The van der Waals surface area contributed by atoms with Crippen LogP contribution in [0.2, 0.25) is 0 Å². The summed E-state index contributed by atoms with van der Waals surface area (Å²) in [4.78, 5) is 25.4. The maximum absolute atomic E-state index is 11.8. The minimum atomic E-state index is -0.529. The summed E-state index contributed by atoms with van der Waals surface area (Å²) in [6.45, 7) is 7.25. The summed E-state index contributed by atoms with van der Waals surface area (Å²) in [5.74, 6) is 1.35. The van der Waals surface area contributed by atoms with Crippen molar-refractivity contribution in [2.24, 2.45) is 5.92 Å². The van der Waals surface area contributed by atoms with Crippen molar-refractivity contribution in [3.05, 3.63) is 30.7 Å². The molecule has 0 bridgehead atoms. The molecule has 3 aromatic heterocycles.